The lowest BCUT2D eigenvalue weighted by Gasteiger charge is -2.58. The number of carboxylic acids is 1. The highest BCUT2D eigenvalue weighted by Crippen LogP contribution is 2.59. The second-order valence-electron chi connectivity index (χ2n) is 35.6. The third-order valence-corrected chi connectivity index (χ3v) is 22.8. The Morgan fingerprint density at radius 1 is 0.606 bits per heavy atom. The Hall–Kier alpha value is -6.82. The van der Waals surface area contributed by atoms with E-state index >= 15 is 0 Å². The molecule has 1 aliphatic heterocycles. The van der Waals surface area contributed by atoms with E-state index in [-0.39, 0.29) is 70.5 Å². The number of nitrogens with zero attached hydrogens (tertiary/aromatic N) is 7. The summed E-state index contributed by atoms with van der Waals surface area (Å²) in [6.45, 7) is 24.5. The zero-order valence-corrected chi connectivity index (χ0v) is 67.1. The maximum atomic E-state index is 13.4. The van der Waals surface area contributed by atoms with Crippen LogP contribution in [0, 0.1) is 87.3 Å². The van der Waals surface area contributed by atoms with Crippen LogP contribution in [0.15, 0.2) is 41.2 Å². The molecule has 12 aliphatic carbocycles. The maximum Gasteiger partial charge on any atom is 0.405 e. The van der Waals surface area contributed by atoms with Gasteiger partial charge in [0.05, 0.1) is 69.6 Å². The lowest BCUT2D eigenvalue weighted by Crippen LogP contribution is -2.63. The molecule has 9 N–H and O–H groups in total. The van der Waals surface area contributed by atoms with Crippen LogP contribution in [0.5, 0.6) is 17.6 Å². The van der Waals surface area contributed by atoms with Crippen LogP contribution < -0.4 is 36.3 Å². The van der Waals surface area contributed by atoms with Gasteiger partial charge in [-0.05, 0) is 180 Å². The number of carbonyl (C=O) groups is 4. The number of nitrogens with two attached hydrogens (primary N) is 2. The fourth-order valence-electron chi connectivity index (χ4n) is 17.7. The Labute approximate surface area is 644 Å². The van der Waals surface area contributed by atoms with Gasteiger partial charge in [-0.15, -0.1) is 0 Å². The number of aromatic carboxylic acids is 1. The number of allylic oxidation sites excluding steroid dienone is 3. The first-order valence-electron chi connectivity index (χ1n) is 38.6. The molecule has 109 heavy (non-hydrogen) atoms. The van der Waals surface area contributed by atoms with E-state index in [2.05, 4.69) is 41.0 Å². The average molecular weight is 1580 g/mol. The van der Waals surface area contributed by atoms with Gasteiger partial charge in [-0.1, -0.05) is 106 Å². The normalized spacial score (nSPS) is 29.4. The van der Waals surface area contributed by atoms with Gasteiger partial charge in [0.1, 0.15) is 22.3 Å². The number of nitrogens with one attached hydrogen (secondary N) is 2. The van der Waals surface area contributed by atoms with Gasteiger partial charge in [0.15, 0.2) is 0 Å². The first kappa shape index (κ1) is 87.8. The van der Waals surface area contributed by atoms with E-state index in [9.17, 15) is 51.0 Å². The summed E-state index contributed by atoms with van der Waals surface area (Å²) >= 11 is 0. The van der Waals surface area contributed by atoms with Gasteiger partial charge < -0.3 is 61.1 Å². The number of isocyanates is 1. The molecule has 31 heteroatoms. The number of carbonyl (C=O) groups excluding carboxylic acids is 4. The number of halogens is 4. The van der Waals surface area contributed by atoms with E-state index < -0.39 is 68.8 Å². The van der Waals surface area contributed by atoms with Gasteiger partial charge in [0, 0.05) is 76.9 Å². The van der Waals surface area contributed by atoms with Crippen LogP contribution in [0.3, 0.4) is 0 Å². The van der Waals surface area contributed by atoms with E-state index in [0.717, 1.165) is 109 Å². The fourth-order valence-corrected chi connectivity index (χ4v) is 17.9. The molecule has 13 fully saturated rings. The first-order chi connectivity index (χ1) is 51.1. The van der Waals surface area contributed by atoms with Crippen LogP contribution in [0.2, 0.25) is 0 Å². The monoisotopic (exact) mass is 1570 g/mol. The zero-order chi connectivity index (χ0) is 80.2. The van der Waals surface area contributed by atoms with E-state index in [1.165, 1.54) is 64.5 Å². The molecule has 610 valence electrons. The van der Waals surface area contributed by atoms with Gasteiger partial charge in [-0.2, -0.15) is 23.7 Å². The number of hydrogen-bond acceptors (Lipinski definition) is 18. The number of aromatic nitrogens is 6. The van der Waals surface area contributed by atoms with Crippen molar-refractivity contribution < 1.29 is 84.6 Å². The Morgan fingerprint density at radius 2 is 0.936 bits per heavy atom. The van der Waals surface area contributed by atoms with E-state index in [1.807, 2.05) is 41.5 Å². The third-order valence-electron chi connectivity index (χ3n) is 22.3. The molecular formula is C78H119ClF3N11O15S. The molecule has 13 aliphatic rings. The summed E-state index contributed by atoms with van der Waals surface area (Å²) in [7, 11) is 0.376. The number of primary amides is 1. The Kier molecular flexibility index (Phi) is 30.0. The molecule has 6 unspecified atom stereocenters. The first-order valence-corrected chi connectivity index (χ1v) is 40.9. The van der Waals surface area contributed by atoms with Crippen molar-refractivity contribution in [3.05, 3.63) is 53.5 Å². The molecule has 12 bridgehead atoms. The largest absolute Gasteiger partial charge is 0.477 e. The fraction of sp³-hybridized carbons (Fsp3) is 0.744. The minimum absolute atomic E-state index is 0.00615. The minimum Gasteiger partial charge on any atom is -0.477 e. The van der Waals surface area contributed by atoms with Gasteiger partial charge in [0.2, 0.25) is 17.6 Å². The van der Waals surface area contributed by atoms with Crippen LogP contribution in [-0.4, -0.2) is 171 Å². The van der Waals surface area contributed by atoms with E-state index in [1.54, 1.807) is 72.2 Å². The number of amides is 3. The van der Waals surface area contributed by atoms with Crippen molar-refractivity contribution in [2.24, 2.45) is 103 Å². The molecular weight excluding hydrogens is 1460 g/mol. The summed E-state index contributed by atoms with van der Waals surface area (Å²) in [5.41, 5.74) is 9.02. The number of alkyl halides is 3. The summed E-state index contributed by atoms with van der Waals surface area (Å²) in [6, 6.07) is 0.504. The molecule has 26 nitrogen and oxygen atoms in total. The molecule has 0 aromatic carbocycles. The number of carboxylic acid groups (broad SMARTS) is 1. The number of ether oxygens (including phenoxy) is 5. The second kappa shape index (κ2) is 37.2. The number of rotatable bonds is 25. The third kappa shape index (κ3) is 24.6. The van der Waals surface area contributed by atoms with Crippen LogP contribution in [0.25, 0.3) is 18.6 Å². The van der Waals surface area contributed by atoms with Crippen molar-refractivity contribution in [1.29, 1.82) is 0 Å². The zero-order valence-electron chi connectivity index (χ0n) is 65.5. The SMILES string of the molecule is C1CCOC1.CC(C)COc1c(C(=O)NC2C3CC4CC2CC(O)(C4)C3)cnn1/C=C/C(C)(C)CF.CC(C)COc1c(C(=O)NC2C3CC4CC2CC(OC(N)=O)(C4)C3)cnn1/C=C/C(C)(C)CF.CC(C)COc1c(C(=O)O)cnn1/C=C/C(C)(C)CF.NC1C2CC3CC1CC(O)(C3)C2.O=C=NS(=O)(=O)Cl. The smallest absolute Gasteiger partial charge is 0.405 e. The quantitative estimate of drug-likeness (QED) is 0.0235. The van der Waals surface area contributed by atoms with Gasteiger partial charge in [0.25, 0.3) is 17.9 Å². The Bertz CT molecular complexity index is 3770. The predicted octanol–water partition coefficient (Wildman–Crippen LogP) is 12.8. The highest BCUT2D eigenvalue weighted by molar-refractivity contribution is 8.12. The summed E-state index contributed by atoms with van der Waals surface area (Å²) in [5, 5.41) is 49.2. The molecule has 12 saturated carbocycles. The average Bonchev–Trinajstić information content (AvgIpc) is 0.943. The highest BCUT2D eigenvalue weighted by atomic mass is 35.7. The van der Waals surface area contributed by atoms with Crippen molar-refractivity contribution in [1.82, 2.24) is 40.0 Å². The van der Waals surface area contributed by atoms with Gasteiger partial charge in [-0.25, -0.2) is 28.4 Å². The maximum absolute atomic E-state index is 13.4. The molecule has 3 aromatic rings. The Balaban J connectivity index is 0.000000181. The summed E-state index contributed by atoms with van der Waals surface area (Å²) in [6.07, 6.45) is 31.4. The summed E-state index contributed by atoms with van der Waals surface area (Å²) < 4.78 is 92.9. The molecule has 3 amide bonds. The molecule has 0 spiro atoms. The van der Waals surface area contributed by atoms with Gasteiger partial charge in [-0.3, -0.25) is 22.8 Å². The van der Waals surface area contributed by atoms with E-state index in [4.69, 9.17) is 45.1 Å². The van der Waals surface area contributed by atoms with Gasteiger partial charge >= 0.3 is 21.3 Å². The van der Waals surface area contributed by atoms with Crippen LogP contribution in [-0.2, 0) is 23.5 Å². The standard InChI is InChI=1S/C25H37FN4O4.C24H36FN3O3.C14H21FN2O3.C10H17NO.C4H8O.CClNO3S/c1-15(2)13-33-22-19(12-28-30(22)6-5-24(3,4)14-26)21(31)29-20-17-7-16-8-18(20)11-25(9-16,10-17)34-23(27)32;1-15(2)13-31-22-19(12-26-28(22)6-5-23(3,4)14-25)21(29)27-20-17-7-16-8-18(20)11-24(30,9-16)10-17;1-10(2)8-20-12-11(13(18)19)7-16-17(12)6-5-14(3,4)9-15;11-9-7-1-6-2-8(9)5-10(12,3-6)4-7;1-2-4-5-3-1;2-7(5,6)3-1-4/h5-6,12,15-18,20H,7-11,13-14H2,1-4H3,(H2,27,32)(H,29,31);5-6,12,15-18,20,30H,7-11,13-14H2,1-4H3,(H,27,29);5-7,10H,8-9H2,1-4H3,(H,18,19);6-9,12H,1-5,11H2;1-4H2;/b3*6-5+;;;. The number of hydrogen-bond donors (Lipinski definition) is 7. The van der Waals surface area contributed by atoms with Crippen molar-refractivity contribution >= 4 is 68.5 Å². The molecule has 16 rings (SSSR count). The second-order valence-corrected chi connectivity index (χ2v) is 37.8. The van der Waals surface area contributed by atoms with Crippen molar-refractivity contribution in [3.8, 4) is 17.6 Å². The van der Waals surface area contributed by atoms with Crippen LogP contribution in [0.1, 0.15) is 223 Å². The minimum atomic E-state index is -4.00. The van der Waals surface area contributed by atoms with Crippen LogP contribution >= 0.6 is 10.7 Å². The number of aliphatic hydroxyl groups is 2. The van der Waals surface area contributed by atoms with Crippen LogP contribution in [0.4, 0.5) is 18.0 Å². The van der Waals surface area contributed by atoms with E-state index in [0.29, 0.717) is 84.3 Å². The van der Waals surface area contributed by atoms with Crippen molar-refractivity contribution in [3.63, 3.8) is 0 Å². The molecule has 1 saturated heterocycles. The lowest BCUT2D eigenvalue weighted by atomic mass is 9.52. The molecule has 3 aromatic heterocycles. The summed E-state index contributed by atoms with van der Waals surface area (Å²) in [5.74, 6) is 4.52. The highest BCUT2D eigenvalue weighted by Gasteiger charge is 2.59. The molecule has 4 heterocycles. The molecule has 6 atom stereocenters. The summed E-state index contributed by atoms with van der Waals surface area (Å²) in [4.78, 5) is 58.3. The Morgan fingerprint density at radius 3 is 1.23 bits per heavy atom. The lowest BCUT2D eigenvalue weighted by molar-refractivity contribution is -0.137. The predicted molar refractivity (Wildman–Crippen MR) is 407 cm³/mol. The van der Waals surface area contributed by atoms with Crippen molar-refractivity contribution in [2.45, 2.75) is 227 Å². The topological polar surface area (TPSA) is 368 Å². The van der Waals surface area contributed by atoms with Crippen molar-refractivity contribution in [2.75, 3.05) is 53.1 Å². The molecule has 0 radical (unpaired) electrons.